The summed E-state index contributed by atoms with van der Waals surface area (Å²) in [7, 11) is 0. The SMILES string of the molecule is OCc1cccc(-c2ccoc2)c1. The second-order valence-electron chi connectivity index (χ2n) is 2.87. The third-order valence-electron chi connectivity index (χ3n) is 1.96. The van der Waals surface area contributed by atoms with Gasteiger partial charge in [-0.05, 0) is 23.3 Å². The first-order valence-electron chi connectivity index (χ1n) is 4.12. The fourth-order valence-corrected chi connectivity index (χ4v) is 1.28. The molecule has 0 spiro atoms. The maximum atomic E-state index is 8.94. The molecule has 2 rings (SSSR count). The number of furan rings is 1. The molecule has 0 radical (unpaired) electrons. The number of hydrogen-bond acceptors (Lipinski definition) is 2. The van der Waals surface area contributed by atoms with Crippen LogP contribution in [0.1, 0.15) is 5.56 Å². The zero-order valence-corrected chi connectivity index (χ0v) is 7.10. The first-order valence-corrected chi connectivity index (χ1v) is 4.12. The molecule has 0 fully saturated rings. The number of aliphatic hydroxyl groups excluding tert-OH is 1. The van der Waals surface area contributed by atoms with E-state index >= 15 is 0 Å². The van der Waals surface area contributed by atoms with Crippen molar-refractivity contribution < 1.29 is 9.52 Å². The Kier molecular flexibility index (Phi) is 2.15. The predicted molar refractivity (Wildman–Crippen MR) is 50.1 cm³/mol. The van der Waals surface area contributed by atoms with Crippen LogP contribution in [0.5, 0.6) is 0 Å². The van der Waals surface area contributed by atoms with Gasteiger partial charge in [0, 0.05) is 5.56 Å². The molecule has 0 saturated heterocycles. The average molecular weight is 174 g/mol. The lowest BCUT2D eigenvalue weighted by molar-refractivity contribution is 0.282. The van der Waals surface area contributed by atoms with E-state index in [1.54, 1.807) is 12.5 Å². The van der Waals surface area contributed by atoms with Crippen LogP contribution >= 0.6 is 0 Å². The second-order valence-corrected chi connectivity index (χ2v) is 2.87. The van der Waals surface area contributed by atoms with Crippen LogP contribution in [-0.4, -0.2) is 5.11 Å². The number of rotatable bonds is 2. The van der Waals surface area contributed by atoms with Gasteiger partial charge in [-0.3, -0.25) is 0 Å². The van der Waals surface area contributed by atoms with E-state index in [1.807, 2.05) is 30.3 Å². The predicted octanol–water partition coefficient (Wildman–Crippen LogP) is 2.44. The van der Waals surface area contributed by atoms with Crippen molar-refractivity contribution in [2.75, 3.05) is 0 Å². The summed E-state index contributed by atoms with van der Waals surface area (Å²) in [4.78, 5) is 0. The summed E-state index contributed by atoms with van der Waals surface area (Å²) in [5.74, 6) is 0. The standard InChI is InChI=1S/C11H10O2/c12-7-9-2-1-3-10(6-9)11-4-5-13-8-11/h1-6,8,12H,7H2. The van der Waals surface area contributed by atoms with Gasteiger partial charge in [-0.2, -0.15) is 0 Å². The van der Waals surface area contributed by atoms with Crippen molar-refractivity contribution in [3.05, 3.63) is 48.4 Å². The van der Waals surface area contributed by atoms with E-state index in [9.17, 15) is 0 Å². The molecule has 66 valence electrons. The van der Waals surface area contributed by atoms with Gasteiger partial charge in [0.25, 0.3) is 0 Å². The molecule has 0 saturated carbocycles. The lowest BCUT2D eigenvalue weighted by atomic mass is 10.1. The third-order valence-corrected chi connectivity index (χ3v) is 1.96. The molecule has 0 aliphatic rings. The summed E-state index contributed by atoms with van der Waals surface area (Å²) in [6.07, 6.45) is 3.33. The highest BCUT2D eigenvalue weighted by molar-refractivity contribution is 5.62. The number of hydrogen-bond donors (Lipinski definition) is 1. The molecule has 2 heteroatoms. The van der Waals surface area contributed by atoms with Crippen molar-refractivity contribution >= 4 is 0 Å². The number of benzene rings is 1. The number of aliphatic hydroxyl groups is 1. The lowest BCUT2D eigenvalue weighted by Gasteiger charge is -1.99. The van der Waals surface area contributed by atoms with E-state index in [0.717, 1.165) is 16.7 Å². The fourth-order valence-electron chi connectivity index (χ4n) is 1.28. The van der Waals surface area contributed by atoms with Crippen molar-refractivity contribution in [3.63, 3.8) is 0 Å². The van der Waals surface area contributed by atoms with E-state index in [2.05, 4.69) is 0 Å². The van der Waals surface area contributed by atoms with E-state index in [4.69, 9.17) is 9.52 Å². The Morgan fingerprint density at radius 2 is 2.08 bits per heavy atom. The van der Waals surface area contributed by atoms with E-state index in [0.29, 0.717) is 0 Å². The Morgan fingerprint density at radius 1 is 1.15 bits per heavy atom. The largest absolute Gasteiger partial charge is 0.472 e. The highest BCUT2D eigenvalue weighted by Gasteiger charge is 1.98. The molecular formula is C11H10O2. The topological polar surface area (TPSA) is 33.4 Å². The van der Waals surface area contributed by atoms with Gasteiger partial charge in [0.05, 0.1) is 19.1 Å². The molecule has 2 aromatic rings. The summed E-state index contributed by atoms with van der Waals surface area (Å²) in [6, 6.07) is 9.66. The summed E-state index contributed by atoms with van der Waals surface area (Å²) < 4.78 is 4.98. The van der Waals surface area contributed by atoms with Crippen molar-refractivity contribution in [2.24, 2.45) is 0 Å². The summed E-state index contributed by atoms with van der Waals surface area (Å²) in [5, 5.41) is 8.94. The van der Waals surface area contributed by atoms with Crippen LogP contribution in [0.4, 0.5) is 0 Å². The third kappa shape index (κ3) is 1.63. The molecule has 0 atom stereocenters. The Balaban J connectivity index is 2.41. The highest BCUT2D eigenvalue weighted by Crippen LogP contribution is 2.20. The Morgan fingerprint density at radius 3 is 2.77 bits per heavy atom. The van der Waals surface area contributed by atoms with E-state index in [1.165, 1.54) is 0 Å². The minimum Gasteiger partial charge on any atom is -0.472 e. The first kappa shape index (κ1) is 8.08. The minimum atomic E-state index is 0.0751. The molecule has 0 unspecified atom stereocenters. The van der Waals surface area contributed by atoms with Gasteiger partial charge in [0.2, 0.25) is 0 Å². The molecular weight excluding hydrogens is 164 g/mol. The molecule has 13 heavy (non-hydrogen) atoms. The Labute approximate surface area is 76.4 Å². The second kappa shape index (κ2) is 3.46. The lowest BCUT2D eigenvalue weighted by Crippen LogP contribution is -1.82. The summed E-state index contributed by atoms with van der Waals surface area (Å²) in [5.41, 5.74) is 3.02. The van der Waals surface area contributed by atoms with Crippen molar-refractivity contribution in [1.82, 2.24) is 0 Å². The minimum absolute atomic E-state index is 0.0751. The van der Waals surface area contributed by atoms with Crippen LogP contribution in [0.15, 0.2) is 47.3 Å². The average Bonchev–Trinajstić information content (AvgIpc) is 2.71. The first-order chi connectivity index (χ1) is 6.40. The molecule has 1 N–H and O–H groups in total. The molecule has 1 heterocycles. The van der Waals surface area contributed by atoms with Gasteiger partial charge < -0.3 is 9.52 Å². The van der Waals surface area contributed by atoms with Crippen LogP contribution in [0, 0.1) is 0 Å². The van der Waals surface area contributed by atoms with Crippen molar-refractivity contribution in [2.45, 2.75) is 6.61 Å². The van der Waals surface area contributed by atoms with Crippen LogP contribution in [0.3, 0.4) is 0 Å². The fraction of sp³-hybridized carbons (Fsp3) is 0.0909. The van der Waals surface area contributed by atoms with Crippen LogP contribution < -0.4 is 0 Å². The molecule has 0 aliphatic heterocycles. The maximum absolute atomic E-state index is 8.94. The molecule has 0 amide bonds. The van der Waals surface area contributed by atoms with Crippen molar-refractivity contribution in [1.29, 1.82) is 0 Å². The van der Waals surface area contributed by atoms with E-state index < -0.39 is 0 Å². The molecule has 0 bridgehead atoms. The highest BCUT2D eigenvalue weighted by atomic mass is 16.3. The van der Waals surface area contributed by atoms with Gasteiger partial charge in [-0.15, -0.1) is 0 Å². The Hall–Kier alpha value is -1.54. The van der Waals surface area contributed by atoms with Crippen molar-refractivity contribution in [3.8, 4) is 11.1 Å². The van der Waals surface area contributed by atoms with Crippen LogP contribution in [0.2, 0.25) is 0 Å². The van der Waals surface area contributed by atoms with Gasteiger partial charge >= 0.3 is 0 Å². The van der Waals surface area contributed by atoms with Gasteiger partial charge in [0.1, 0.15) is 0 Å². The molecule has 0 aliphatic carbocycles. The van der Waals surface area contributed by atoms with Gasteiger partial charge in [-0.25, -0.2) is 0 Å². The normalized spacial score (nSPS) is 10.2. The zero-order chi connectivity index (χ0) is 9.10. The van der Waals surface area contributed by atoms with Gasteiger partial charge in [0.15, 0.2) is 0 Å². The van der Waals surface area contributed by atoms with Crippen LogP contribution in [0.25, 0.3) is 11.1 Å². The monoisotopic (exact) mass is 174 g/mol. The van der Waals surface area contributed by atoms with Gasteiger partial charge in [-0.1, -0.05) is 18.2 Å². The summed E-state index contributed by atoms with van der Waals surface area (Å²) >= 11 is 0. The zero-order valence-electron chi connectivity index (χ0n) is 7.10. The van der Waals surface area contributed by atoms with E-state index in [-0.39, 0.29) is 6.61 Å². The van der Waals surface area contributed by atoms with Crippen LogP contribution in [-0.2, 0) is 6.61 Å². The quantitative estimate of drug-likeness (QED) is 0.758. The molecule has 1 aromatic heterocycles. The maximum Gasteiger partial charge on any atom is 0.0980 e. The molecule has 1 aromatic carbocycles. The smallest absolute Gasteiger partial charge is 0.0980 e. The Bertz CT molecular complexity index is 377. The molecule has 2 nitrogen and oxygen atoms in total. The summed E-state index contributed by atoms with van der Waals surface area (Å²) in [6.45, 7) is 0.0751.